The van der Waals surface area contributed by atoms with Crippen LogP contribution in [-0.2, 0) is 10.0 Å². The number of benzene rings is 1. The highest BCUT2D eigenvalue weighted by atomic mass is 32.2. The summed E-state index contributed by atoms with van der Waals surface area (Å²) in [5.74, 6) is -0.278. The zero-order valence-electron chi connectivity index (χ0n) is 10.2. The van der Waals surface area contributed by atoms with Gasteiger partial charge in [0.05, 0.1) is 17.5 Å². The molecule has 1 aromatic carbocycles. The van der Waals surface area contributed by atoms with Crippen LogP contribution < -0.4 is 4.72 Å². The molecule has 0 saturated heterocycles. The Balaban J connectivity index is 2.43. The van der Waals surface area contributed by atoms with E-state index in [1.165, 1.54) is 18.5 Å². The van der Waals surface area contributed by atoms with Crippen LogP contribution in [0.15, 0.2) is 48.8 Å². The number of nitrogens with one attached hydrogen (secondary N) is 1. The molecule has 0 spiro atoms. The summed E-state index contributed by atoms with van der Waals surface area (Å²) in [5, 5.41) is 0. The van der Waals surface area contributed by atoms with E-state index < -0.39 is 10.0 Å². The predicted molar refractivity (Wildman–Crippen MR) is 72.6 cm³/mol. The summed E-state index contributed by atoms with van der Waals surface area (Å²) in [6.45, 7) is 0. The Labute approximate surface area is 111 Å². The van der Waals surface area contributed by atoms with Gasteiger partial charge in [0.1, 0.15) is 0 Å². The minimum atomic E-state index is -3.45. The number of carbonyl (C=O) groups excluding carboxylic acids is 1. The van der Waals surface area contributed by atoms with E-state index >= 15 is 0 Å². The summed E-state index contributed by atoms with van der Waals surface area (Å²) in [4.78, 5) is 16.1. The molecule has 0 bridgehead atoms. The molecule has 0 radical (unpaired) electrons. The molecule has 2 rings (SSSR count). The van der Waals surface area contributed by atoms with Gasteiger partial charge in [-0.05, 0) is 6.07 Å². The van der Waals surface area contributed by atoms with Gasteiger partial charge < -0.3 is 0 Å². The zero-order valence-corrected chi connectivity index (χ0v) is 11.0. The summed E-state index contributed by atoms with van der Waals surface area (Å²) in [6, 6.07) is 10.1. The van der Waals surface area contributed by atoms with E-state index in [4.69, 9.17) is 0 Å². The Morgan fingerprint density at radius 1 is 1.16 bits per heavy atom. The van der Waals surface area contributed by atoms with E-state index in [0.717, 1.165) is 6.26 Å². The minimum absolute atomic E-state index is 0.221. The van der Waals surface area contributed by atoms with Crippen LogP contribution >= 0.6 is 0 Å². The second kappa shape index (κ2) is 5.19. The zero-order chi connectivity index (χ0) is 13.9. The number of carbonyl (C=O) groups is 1. The molecule has 98 valence electrons. The van der Waals surface area contributed by atoms with E-state index in [-0.39, 0.29) is 17.0 Å². The lowest BCUT2D eigenvalue weighted by atomic mass is 10.0. The first-order valence-corrected chi connectivity index (χ1v) is 7.38. The number of aromatic nitrogens is 1. The number of hydrogen-bond donors (Lipinski definition) is 1. The van der Waals surface area contributed by atoms with Crippen molar-refractivity contribution in [2.45, 2.75) is 0 Å². The maximum Gasteiger partial charge on any atom is 0.229 e. The second-order valence-electron chi connectivity index (χ2n) is 3.99. The van der Waals surface area contributed by atoms with Crippen LogP contribution in [0.3, 0.4) is 0 Å². The molecule has 0 saturated carbocycles. The van der Waals surface area contributed by atoms with Crippen LogP contribution in [0.2, 0.25) is 0 Å². The van der Waals surface area contributed by atoms with Crippen LogP contribution in [-0.4, -0.2) is 25.4 Å². The molecule has 0 fully saturated rings. The van der Waals surface area contributed by atoms with E-state index in [1.807, 2.05) is 0 Å². The standard InChI is InChI=1S/C13H12N2O3S/c1-19(17,18)15-12-7-8-14-9-11(12)13(16)10-5-3-2-4-6-10/h2-9H,1H3,(H,14,15). The Bertz CT molecular complexity index is 697. The molecule has 1 N–H and O–H groups in total. The first kappa shape index (κ1) is 13.2. The topological polar surface area (TPSA) is 76.1 Å². The fraction of sp³-hybridized carbons (Fsp3) is 0.0769. The lowest BCUT2D eigenvalue weighted by molar-refractivity contribution is 0.103. The van der Waals surface area contributed by atoms with Crippen molar-refractivity contribution in [1.29, 1.82) is 0 Å². The number of sulfonamides is 1. The van der Waals surface area contributed by atoms with Crippen molar-refractivity contribution < 1.29 is 13.2 Å². The first-order valence-electron chi connectivity index (χ1n) is 5.49. The summed E-state index contributed by atoms with van der Waals surface area (Å²) < 4.78 is 24.9. The molecule has 6 heteroatoms. The molecule has 1 aromatic heterocycles. The Hall–Kier alpha value is -2.21. The molecule has 0 atom stereocenters. The van der Waals surface area contributed by atoms with E-state index in [0.29, 0.717) is 5.56 Å². The summed E-state index contributed by atoms with van der Waals surface area (Å²) in [7, 11) is -3.45. The van der Waals surface area contributed by atoms with Crippen molar-refractivity contribution in [1.82, 2.24) is 4.98 Å². The van der Waals surface area contributed by atoms with Gasteiger partial charge >= 0.3 is 0 Å². The first-order chi connectivity index (χ1) is 8.97. The molecule has 2 aromatic rings. The van der Waals surface area contributed by atoms with Crippen molar-refractivity contribution in [2.24, 2.45) is 0 Å². The van der Waals surface area contributed by atoms with Crippen LogP contribution in [0.1, 0.15) is 15.9 Å². The molecule has 5 nitrogen and oxygen atoms in total. The highest BCUT2D eigenvalue weighted by molar-refractivity contribution is 7.92. The smallest absolute Gasteiger partial charge is 0.229 e. The molecule has 1 heterocycles. The van der Waals surface area contributed by atoms with Crippen molar-refractivity contribution in [2.75, 3.05) is 11.0 Å². The third kappa shape index (κ3) is 3.38. The van der Waals surface area contributed by atoms with Crippen molar-refractivity contribution in [3.05, 3.63) is 59.9 Å². The van der Waals surface area contributed by atoms with Gasteiger partial charge in [0, 0.05) is 18.0 Å². The van der Waals surface area contributed by atoms with Crippen molar-refractivity contribution in [3.63, 3.8) is 0 Å². The Morgan fingerprint density at radius 3 is 2.47 bits per heavy atom. The van der Waals surface area contributed by atoms with Crippen molar-refractivity contribution >= 4 is 21.5 Å². The molecule has 0 aliphatic carbocycles. The normalized spacial score (nSPS) is 11.0. The van der Waals surface area contributed by atoms with Gasteiger partial charge in [-0.3, -0.25) is 14.5 Å². The number of hydrogen-bond acceptors (Lipinski definition) is 4. The molecule has 0 aliphatic rings. The highest BCUT2D eigenvalue weighted by Gasteiger charge is 2.15. The average molecular weight is 276 g/mol. The molecular weight excluding hydrogens is 264 g/mol. The van der Waals surface area contributed by atoms with Gasteiger partial charge in [-0.15, -0.1) is 0 Å². The van der Waals surface area contributed by atoms with E-state index in [1.54, 1.807) is 30.3 Å². The summed E-state index contributed by atoms with van der Waals surface area (Å²) >= 11 is 0. The Kier molecular flexibility index (Phi) is 3.62. The van der Waals surface area contributed by atoms with Gasteiger partial charge in [0.25, 0.3) is 0 Å². The SMILES string of the molecule is CS(=O)(=O)Nc1ccncc1C(=O)c1ccccc1. The lowest BCUT2D eigenvalue weighted by Crippen LogP contribution is -2.14. The molecule has 0 unspecified atom stereocenters. The summed E-state index contributed by atoms with van der Waals surface area (Å²) in [5.41, 5.74) is 0.928. The van der Waals surface area contributed by atoms with E-state index in [9.17, 15) is 13.2 Å². The summed E-state index contributed by atoms with van der Waals surface area (Å²) in [6.07, 6.45) is 3.81. The number of anilines is 1. The van der Waals surface area contributed by atoms with Gasteiger partial charge in [-0.2, -0.15) is 0 Å². The van der Waals surface area contributed by atoms with Gasteiger partial charge in [0.2, 0.25) is 10.0 Å². The monoisotopic (exact) mass is 276 g/mol. The largest absolute Gasteiger partial charge is 0.288 e. The van der Waals surface area contributed by atoms with Crippen LogP contribution in [0, 0.1) is 0 Å². The van der Waals surface area contributed by atoms with Gasteiger partial charge in [-0.1, -0.05) is 30.3 Å². The average Bonchev–Trinajstić information content (AvgIpc) is 2.38. The number of rotatable bonds is 4. The molecular formula is C13H12N2O3S. The Morgan fingerprint density at radius 2 is 1.84 bits per heavy atom. The molecule has 0 aliphatic heterocycles. The number of nitrogens with zero attached hydrogens (tertiary/aromatic N) is 1. The quantitative estimate of drug-likeness (QED) is 0.862. The molecule has 19 heavy (non-hydrogen) atoms. The fourth-order valence-corrected chi connectivity index (χ4v) is 2.19. The maximum absolute atomic E-state index is 12.3. The van der Waals surface area contributed by atoms with Crippen LogP contribution in [0.5, 0.6) is 0 Å². The maximum atomic E-state index is 12.3. The van der Waals surface area contributed by atoms with Crippen molar-refractivity contribution in [3.8, 4) is 0 Å². The third-order valence-electron chi connectivity index (χ3n) is 2.40. The van der Waals surface area contributed by atoms with Gasteiger partial charge in [-0.25, -0.2) is 8.42 Å². The highest BCUT2D eigenvalue weighted by Crippen LogP contribution is 2.18. The molecule has 0 amide bonds. The lowest BCUT2D eigenvalue weighted by Gasteiger charge is -2.09. The predicted octanol–water partition coefficient (Wildman–Crippen LogP) is 1.68. The van der Waals surface area contributed by atoms with Crippen LogP contribution in [0.25, 0.3) is 0 Å². The second-order valence-corrected chi connectivity index (χ2v) is 5.74. The number of pyridine rings is 1. The van der Waals surface area contributed by atoms with E-state index in [2.05, 4.69) is 9.71 Å². The van der Waals surface area contributed by atoms with Gasteiger partial charge in [0.15, 0.2) is 5.78 Å². The number of ketones is 1. The minimum Gasteiger partial charge on any atom is -0.288 e. The fourth-order valence-electron chi connectivity index (χ4n) is 1.61. The van der Waals surface area contributed by atoms with Crippen LogP contribution in [0.4, 0.5) is 5.69 Å². The third-order valence-corrected chi connectivity index (χ3v) is 2.99.